The summed E-state index contributed by atoms with van der Waals surface area (Å²) in [4.78, 5) is 11.8. The van der Waals surface area contributed by atoms with Crippen LogP contribution in [0.25, 0.3) is 0 Å². The van der Waals surface area contributed by atoms with E-state index in [9.17, 15) is 4.79 Å². The van der Waals surface area contributed by atoms with Crippen LogP contribution in [-0.2, 0) is 11.3 Å². The number of amides is 1. The van der Waals surface area contributed by atoms with Crippen molar-refractivity contribution in [3.63, 3.8) is 0 Å². The van der Waals surface area contributed by atoms with E-state index in [0.29, 0.717) is 19.0 Å². The molecule has 6 heteroatoms. The summed E-state index contributed by atoms with van der Waals surface area (Å²) < 4.78 is 10.5. The number of nitrogens with one attached hydrogen (secondary N) is 2. The maximum absolute atomic E-state index is 11.8. The van der Waals surface area contributed by atoms with E-state index < -0.39 is 5.60 Å². The van der Waals surface area contributed by atoms with Crippen molar-refractivity contribution in [2.45, 2.75) is 73.1 Å². The minimum Gasteiger partial charge on any atom is -0.444 e. The topological polar surface area (TPSA) is 76.4 Å². The number of hydrogen-bond acceptors (Lipinski definition) is 5. The third-order valence-electron chi connectivity index (χ3n) is 3.40. The molecule has 1 unspecified atom stereocenters. The van der Waals surface area contributed by atoms with Gasteiger partial charge in [-0.25, -0.2) is 4.79 Å². The Morgan fingerprint density at radius 2 is 1.96 bits per heavy atom. The molecule has 0 aliphatic heterocycles. The van der Waals surface area contributed by atoms with E-state index in [2.05, 4.69) is 29.6 Å². The minimum absolute atomic E-state index is 0.163. The van der Waals surface area contributed by atoms with E-state index in [1.807, 2.05) is 34.6 Å². The third-order valence-corrected chi connectivity index (χ3v) is 3.40. The van der Waals surface area contributed by atoms with Crippen LogP contribution in [0.2, 0.25) is 0 Å². The van der Waals surface area contributed by atoms with Crippen LogP contribution in [0.1, 0.15) is 58.1 Å². The molecule has 0 saturated heterocycles. The summed E-state index contributed by atoms with van der Waals surface area (Å²) in [7, 11) is 0. The second-order valence-electron chi connectivity index (χ2n) is 7.39. The largest absolute Gasteiger partial charge is 0.444 e. The van der Waals surface area contributed by atoms with E-state index in [-0.39, 0.29) is 12.1 Å². The first kappa shape index (κ1) is 19.5. The molecule has 0 fully saturated rings. The number of hydrogen-bond donors (Lipinski definition) is 2. The monoisotopic (exact) mass is 325 g/mol. The zero-order valence-corrected chi connectivity index (χ0v) is 15.4. The van der Waals surface area contributed by atoms with Crippen molar-refractivity contribution >= 4 is 6.09 Å². The lowest BCUT2D eigenvalue weighted by Crippen LogP contribution is -2.43. The number of carbonyl (C=O) groups is 1. The van der Waals surface area contributed by atoms with Crippen LogP contribution in [0.4, 0.5) is 4.79 Å². The Morgan fingerprint density at radius 3 is 2.43 bits per heavy atom. The zero-order valence-electron chi connectivity index (χ0n) is 15.4. The Labute approximate surface area is 139 Å². The lowest BCUT2D eigenvalue weighted by atomic mass is 10.0. The summed E-state index contributed by atoms with van der Waals surface area (Å²) in [5.74, 6) is 1.36. The molecule has 0 bridgehead atoms. The van der Waals surface area contributed by atoms with E-state index in [1.54, 1.807) is 0 Å². The SMILES string of the molecule is Cc1noc(C)c1CNC(CNC(=O)OC(C)(C)C)CC(C)C. The van der Waals surface area contributed by atoms with Crippen LogP contribution in [0, 0.1) is 19.8 Å². The molecule has 0 aliphatic carbocycles. The van der Waals surface area contributed by atoms with Gasteiger partial charge >= 0.3 is 6.09 Å². The minimum atomic E-state index is -0.484. The molecule has 2 N–H and O–H groups in total. The highest BCUT2D eigenvalue weighted by Crippen LogP contribution is 2.13. The van der Waals surface area contributed by atoms with E-state index >= 15 is 0 Å². The van der Waals surface area contributed by atoms with Crippen LogP contribution >= 0.6 is 0 Å². The first-order valence-corrected chi connectivity index (χ1v) is 8.20. The Bertz CT molecular complexity index is 484. The predicted octanol–water partition coefficient (Wildman–Crippen LogP) is 3.32. The van der Waals surface area contributed by atoms with Gasteiger partial charge in [0.05, 0.1) is 5.69 Å². The van der Waals surface area contributed by atoms with Crippen molar-refractivity contribution in [1.29, 1.82) is 0 Å². The summed E-state index contributed by atoms with van der Waals surface area (Å²) in [6.45, 7) is 14.9. The molecule has 1 rings (SSSR count). The molecule has 6 nitrogen and oxygen atoms in total. The fourth-order valence-electron chi connectivity index (χ4n) is 2.33. The van der Waals surface area contributed by atoms with Crippen molar-refractivity contribution in [2.24, 2.45) is 5.92 Å². The van der Waals surface area contributed by atoms with Gasteiger partial charge in [0, 0.05) is 24.7 Å². The first-order valence-electron chi connectivity index (χ1n) is 8.20. The lowest BCUT2D eigenvalue weighted by molar-refractivity contribution is 0.0520. The van der Waals surface area contributed by atoms with Crippen molar-refractivity contribution in [3.8, 4) is 0 Å². The number of aromatic nitrogens is 1. The van der Waals surface area contributed by atoms with Crippen molar-refractivity contribution in [3.05, 3.63) is 17.0 Å². The summed E-state index contributed by atoms with van der Waals surface area (Å²) in [5, 5.41) is 10.3. The molecule has 0 aromatic carbocycles. The molecule has 1 aromatic heterocycles. The number of alkyl carbamates (subject to hydrolysis) is 1. The smallest absolute Gasteiger partial charge is 0.407 e. The molecule has 1 aromatic rings. The third kappa shape index (κ3) is 7.50. The van der Waals surface area contributed by atoms with Gasteiger partial charge in [0.25, 0.3) is 0 Å². The molecule has 1 atom stereocenters. The standard InChI is InChI=1S/C17H31N3O3/c1-11(2)8-14(9-19-16(21)22-17(5,6)7)18-10-15-12(3)20-23-13(15)4/h11,14,18H,8-10H2,1-7H3,(H,19,21). The summed E-state index contributed by atoms with van der Waals surface area (Å²) in [6.07, 6.45) is 0.574. The lowest BCUT2D eigenvalue weighted by Gasteiger charge is -2.23. The highest BCUT2D eigenvalue weighted by molar-refractivity contribution is 5.67. The van der Waals surface area contributed by atoms with E-state index in [4.69, 9.17) is 9.26 Å². The first-order chi connectivity index (χ1) is 10.6. The molecular formula is C17H31N3O3. The molecular weight excluding hydrogens is 294 g/mol. The van der Waals surface area contributed by atoms with Gasteiger partial charge in [-0.15, -0.1) is 0 Å². The summed E-state index contributed by atoms with van der Waals surface area (Å²) >= 11 is 0. The fourth-order valence-corrected chi connectivity index (χ4v) is 2.33. The van der Waals surface area contributed by atoms with Gasteiger partial charge in [-0.05, 0) is 47.0 Å². The van der Waals surface area contributed by atoms with E-state index in [1.165, 1.54) is 0 Å². The zero-order chi connectivity index (χ0) is 17.6. The maximum Gasteiger partial charge on any atom is 0.407 e. The van der Waals surface area contributed by atoms with Gasteiger partial charge in [-0.1, -0.05) is 19.0 Å². The quantitative estimate of drug-likeness (QED) is 0.804. The second kappa shape index (κ2) is 8.34. The molecule has 23 heavy (non-hydrogen) atoms. The Balaban J connectivity index is 2.54. The average molecular weight is 325 g/mol. The van der Waals surface area contributed by atoms with Crippen LogP contribution in [0.15, 0.2) is 4.52 Å². The van der Waals surface area contributed by atoms with Crippen LogP contribution in [0.3, 0.4) is 0 Å². The van der Waals surface area contributed by atoms with E-state index in [0.717, 1.165) is 23.4 Å². The number of rotatable bonds is 7. The number of nitrogens with zero attached hydrogens (tertiary/aromatic N) is 1. The second-order valence-corrected chi connectivity index (χ2v) is 7.39. The number of carbonyl (C=O) groups excluding carboxylic acids is 1. The highest BCUT2D eigenvalue weighted by Gasteiger charge is 2.18. The summed E-state index contributed by atoms with van der Waals surface area (Å²) in [6, 6.07) is 0.163. The van der Waals surface area contributed by atoms with Crippen molar-refractivity contribution < 1.29 is 14.1 Å². The molecule has 0 spiro atoms. The van der Waals surface area contributed by atoms with Gasteiger partial charge in [0.2, 0.25) is 0 Å². The van der Waals surface area contributed by atoms with Crippen molar-refractivity contribution in [2.75, 3.05) is 6.54 Å². The van der Waals surface area contributed by atoms with Gasteiger partial charge in [-0.3, -0.25) is 0 Å². The van der Waals surface area contributed by atoms with Gasteiger partial charge in [0.1, 0.15) is 11.4 Å². The Hall–Kier alpha value is -1.56. The van der Waals surface area contributed by atoms with Crippen LogP contribution in [0.5, 0.6) is 0 Å². The molecule has 132 valence electrons. The Kier molecular flexibility index (Phi) is 7.06. The highest BCUT2D eigenvalue weighted by atomic mass is 16.6. The van der Waals surface area contributed by atoms with Crippen molar-refractivity contribution in [1.82, 2.24) is 15.8 Å². The molecule has 0 saturated carbocycles. The molecule has 1 heterocycles. The average Bonchev–Trinajstić information content (AvgIpc) is 2.70. The van der Waals surface area contributed by atoms with Gasteiger partial charge in [-0.2, -0.15) is 0 Å². The maximum atomic E-state index is 11.8. The summed E-state index contributed by atoms with van der Waals surface area (Å²) in [5.41, 5.74) is 1.50. The van der Waals surface area contributed by atoms with Crippen LogP contribution in [-0.4, -0.2) is 29.4 Å². The predicted molar refractivity (Wildman–Crippen MR) is 90.3 cm³/mol. The fraction of sp³-hybridized carbons (Fsp3) is 0.765. The molecule has 0 radical (unpaired) electrons. The van der Waals surface area contributed by atoms with Gasteiger partial charge in [0.15, 0.2) is 0 Å². The normalized spacial score (nSPS) is 13.2. The van der Waals surface area contributed by atoms with Crippen LogP contribution < -0.4 is 10.6 Å². The van der Waals surface area contributed by atoms with Gasteiger partial charge < -0.3 is 19.9 Å². The Morgan fingerprint density at radius 1 is 1.30 bits per heavy atom. The molecule has 0 aliphatic rings. The molecule has 1 amide bonds. The number of ether oxygens (including phenoxy) is 1. The number of aryl methyl sites for hydroxylation is 2.